The van der Waals surface area contributed by atoms with Crippen LogP contribution < -0.4 is 5.32 Å². The zero-order valence-electron chi connectivity index (χ0n) is 9.43. The average molecular weight is 222 g/mol. The van der Waals surface area contributed by atoms with Gasteiger partial charge in [0.1, 0.15) is 12.1 Å². The molecule has 1 aromatic heterocycles. The van der Waals surface area contributed by atoms with Gasteiger partial charge in [0.2, 0.25) is 0 Å². The lowest BCUT2D eigenvalue weighted by Gasteiger charge is -2.26. The number of nitrogens with zero attached hydrogens (tertiary/aromatic N) is 3. The number of hydrogen-bond donors (Lipinski definition) is 1. The van der Waals surface area contributed by atoms with E-state index in [1.54, 1.807) is 12.5 Å². The summed E-state index contributed by atoms with van der Waals surface area (Å²) in [4.78, 5) is 10.4. The molecule has 0 unspecified atom stereocenters. The summed E-state index contributed by atoms with van der Waals surface area (Å²) in [6, 6.07) is 1.88. The molecule has 2 heterocycles. The van der Waals surface area contributed by atoms with E-state index in [4.69, 9.17) is 4.74 Å². The number of anilines is 1. The van der Waals surface area contributed by atoms with Crippen LogP contribution in [0.2, 0.25) is 0 Å². The zero-order chi connectivity index (χ0) is 11.1. The third-order valence-electron chi connectivity index (χ3n) is 2.64. The summed E-state index contributed by atoms with van der Waals surface area (Å²) in [6.45, 7) is 5.95. The minimum Gasteiger partial charge on any atom is -0.379 e. The lowest BCUT2D eigenvalue weighted by atomic mass is 10.3. The van der Waals surface area contributed by atoms with Gasteiger partial charge in [-0.1, -0.05) is 0 Å². The Hall–Kier alpha value is -1.20. The van der Waals surface area contributed by atoms with Gasteiger partial charge in [0, 0.05) is 25.8 Å². The van der Waals surface area contributed by atoms with Crippen LogP contribution in [-0.4, -0.2) is 54.3 Å². The first kappa shape index (κ1) is 11.3. The van der Waals surface area contributed by atoms with E-state index in [1.165, 1.54) is 0 Å². The largest absolute Gasteiger partial charge is 0.379 e. The van der Waals surface area contributed by atoms with Crippen LogP contribution in [0.25, 0.3) is 0 Å². The Morgan fingerprint density at radius 1 is 1.38 bits per heavy atom. The summed E-state index contributed by atoms with van der Waals surface area (Å²) in [5.41, 5.74) is 0. The van der Waals surface area contributed by atoms with Crippen LogP contribution in [0.3, 0.4) is 0 Å². The van der Waals surface area contributed by atoms with E-state index in [0.717, 1.165) is 51.6 Å². The van der Waals surface area contributed by atoms with Gasteiger partial charge < -0.3 is 10.1 Å². The quantitative estimate of drug-likeness (QED) is 0.740. The summed E-state index contributed by atoms with van der Waals surface area (Å²) in [5, 5.41) is 3.28. The molecule has 0 aromatic carbocycles. The van der Waals surface area contributed by atoms with E-state index in [0.29, 0.717) is 0 Å². The van der Waals surface area contributed by atoms with E-state index in [9.17, 15) is 0 Å². The summed E-state index contributed by atoms with van der Waals surface area (Å²) >= 11 is 0. The number of morpholine rings is 1. The molecule has 0 spiro atoms. The highest BCUT2D eigenvalue weighted by Crippen LogP contribution is 2.00. The van der Waals surface area contributed by atoms with Crippen molar-refractivity contribution in [3.63, 3.8) is 0 Å². The normalized spacial score (nSPS) is 17.2. The number of aromatic nitrogens is 2. The SMILES string of the molecule is c1cc(NCCCN2CCOCC2)ncn1. The van der Waals surface area contributed by atoms with Crippen LogP contribution in [0.5, 0.6) is 0 Å². The minimum atomic E-state index is 0.874. The molecule has 1 aliphatic rings. The fourth-order valence-corrected chi connectivity index (χ4v) is 1.74. The van der Waals surface area contributed by atoms with Crippen LogP contribution in [-0.2, 0) is 4.74 Å². The maximum atomic E-state index is 5.30. The lowest BCUT2D eigenvalue weighted by Crippen LogP contribution is -2.37. The van der Waals surface area contributed by atoms with Gasteiger partial charge in [0.25, 0.3) is 0 Å². The molecule has 1 aliphatic heterocycles. The highest BCUT2D eigenvalue weighted by atomic mass is 16.5. The fraction of sp³-hybridized carbons (Fsp3) is 0.636. The molecule has 0 atom stereocenters. The molecule has 0 amide bonds. The van der Waals surface area contributed by atoms with Gasteiger partial charge in [0.05, 0.1) is 13.2 Å². The fourth-order valence-electron chi connectivity index (χ4n) is 1.74. The highest BCUT2D eigenvalue weighted by Gasteiger charge is 2.08. The second-order valence-electron chi connectivity index (χ2n) is 3.83. The van der Waals surface area contributed by atoms with Crippen LogP contribution in [0.4, 0.5) is 5.82 Å². The number of rotatable bonds is 5. The predicted octanol–water partition coefficient (Wildman–Crippen LogP) is 0.611. The first-order valence-corrected chi connectivity index (χ1v) is 5.75. The molecule has 2 rings (SSSR count). The molecule has 16 heavy (non-hydrogen) atoms. The summed E-state index contributed by atoms with van der Waals surface area (Å²) in [5.74, 6) is 0.900. The van der Waals surface area contributed by atoms with E-state index in [2.05, 4.69) is 20.2 Å². The number of nitrogens with one attached hydrogen (secondary N) is 1. The Morgan fingerprint density at radius 2 is 2.25 bits per heavy atom. The van der Waals surface area contributed by atoms with Crippen molar-refractivity contribution in [1.29, 1.82) is 0 Å². The molecule has 88 valence electrons. The topological polar surface area (TPSA) is 50.3 Å². The monoisotopic (exact) mass is 222 g/mol. The Kier molecular flexibility index (Phi) is 4.51. The van der Waals surface area contributed by atoms with Gasteiger partial charge in [-0.05, 0) is 19.0 Å². The van der Waals surface area contributed by atoms with E-state index < -0.39 is 0 Å². The van der Waals surface area contributed by atoms with E-state index in [1.807, 2.05) is 6.07 Å². The highest BCUT2D eigenvalue weighted by molar-refractivity contribution is 5.31. The summed E-state index contributed by atoms with van der Waals surface area (Å²) < 4.78 is 5.30. The van der Waals surface area contributed by atoms with E-state index in [-0.39, 0.29) is 0 Å². The Bertz CT molecular complexity index is 287. The smallest absolute Gasteiger partial charge is 0.129 e. The third-order valence-corrected chi connectivity index (χ3v) is 2.64. The Balaban J connectivity index is 1.58. The van der Waals surface area contributed by atoms with Crippen molar-refractivity contribution in [2.24, 2.45) is 0 Å². The summed E-state index contributed by atoms with van der Waals surface area (Å²) in [7, 11) is 0. The molecular weight excluding hydrogens is 204 g/mol. The maximum Gasteiger partial charge on any atom is 0.129 e. The molecule has 0 saturated carbocycles. The van der Waals surface area contributed by atoms with Gasteiger partial charge in [-0.3, -0.25) is 4.90 Å². The summed E-state index contributed by atoms with van der Waals surface area (Å²) in [6.07, 6.45) is 4.44. The standard InChI is InChI=1S/C11H18N4O/c1(5-15-6-8-16-9-7-15)3-13-11-2-4-12-10-14-11/h2,4,10H,1,3,5-9H2,(H,12,13,14). The van der Waals surface area contributed by atoms with Crippen molar-refractivity contribution in [2.75, 3.05) is 44.7 Å². The maximum absolute atomic E-state index is 5.30. The Labute approximate surface area is 95.8 Å². The van der Waals surface area contributed by atoms with Crippen molar-refractivity contribution in [2.45, 2.75) is 6.42 Å². The van der Waals surface area contributed by atoms with Crippen molar-refractivity contribution in [3.8, 4) is 0 Å². The molecule has 1 fully saturated rings. The van der Waals surface area contributed by atoms with Crippen LogP contribution >= 0.6 is 0 Å². The van der Waals surface area contributed by atoms with Gasteiger partial charge in [-0.25, -0.2) is 9.97 Å². The molecule has 1 N–H and O–H groups in total. The molecule has 0 bridgehead atoms. The predicted molar refractivity (Wildman–Crippen MR) is 62.4 cm³/mol. The number of hydrogen-bond acceptors (Lipinski definition) is 5. The average Bonchev–Trinajstić information content (AvgIpc) is 2.37. The Morgan fingerprint density at radius 3 is 3.00 bits per heavy atom. The van der Waals surface area contributed by atoms with Gasteiger partial charge in [-0.15, -0.1) is 0 Å². The minimum absolute atomic E-state index is 0.874. The van der Waals surface area contributed by atoms with E-state index >= 15 is 0 Å². The molecule has 5 nitrogen and oxygen atoms in total. The molecule has 5 heteroatoms. The molecule has 1 saturated heterocycles. The van der Waals surface area contributed by atoms with Crippen molar-refractivity contribution < 1.29 is 4.74 Å². The van der Waals surface area contributed by atoms with Crippen LogP contribution in [0, 0.1) is 0 Å². The third kappa shape index (κ3) is 3.75. The molecule has 0 aliphatic carbocycles. The number of ether oxygens (including phenoxy) is 1. The van der Waals surface area contributed by atoms with Crippen molar-refractivity contribution >= 4 is 5.82 Å². The van der Waals surface area contributed by atoms with Crippen LogP contribution in [0.1, 0.15) is 6.42 Å². The molecule has 0 radical (unpaired) electrons. The van der Waals surface area contributed by atoms with Crippen LogP contribution in [0.15, 0.2) is 18.6 Å². The first-order chi connectivity index (χ1) is 7.95. The van der Waals surface area contributed by atoms with Gasteiger partial charge in [0.15, 0.2) is 0 Å². The second kappa shape index (κ2) is 6.40. The second-order valence-corrected chi connectivity index (χ2v) is 3.83. The molecular formula is C11H18N4O. The van der Waals surface area contributed by atoms with Crippen molar-refractivity contribution in [3.05, 3.63) is 18.6 Å². The van der Waals surface area contributed by atoms with Crippen molar-refractivity contribution in [1.82, 2.24) is 14.9 Å². The zero-order valence-corrected chi connectivity index (χ0v) is 9.43. The van der Waals surface area contributed by atoms with Gasteiger partial charge in [-0.2, -0.15) is 0 Å². The van der Waals surface area contributed by atoms with Gasteiger partial charge >= 0.3 is 0 Å². The lowest BCUT2D eigenvalue weighted by molar-refractivity contribution is 0.0378. The first-order valence-electron chi connectivity index (χ1n) is 5.75. The molecule has 1 aromatic rings.